The Kier molecular flexibility index (Phi) is 3.29. The maximum Gasteiger partial charge on any atom is 0.220 e. The van der Waals surface area contributed by atoms with Crippen LogP contribution in [0.15, 0.2) is 24.3 Å². The molecule has 0 atom stereocenters. The van der Waals surface area contributed by atoms with Crippen molar-refractivity contribution in [1.82, 2.24) is 19.9 Å². The number of benzene rings is 1. The molecule has 0 aliphatic heterocycles. The lowest BCUT2D eigenvalue weighted by molar-refractivity contribution is -0.121. The third-order valence-corrected chi connectivity index (χ3v) is 4.56. The summed E-state index contributed by atoms with van der Waals surface area (Å²) in [5.41, 5.74) is 5.02. The van der Waals surface area contributed by atoms with E-state index in [-0.39, 0.29) is 5.91 Å². The summed E-state index contributed by atoms with van der Waals surface area (Å²) in [6.07, 6.45) is 3.45. The fourth-order valence-corrected chi connectivity index (χ4v) is 3.10. The number of nitrogens with zero attached hydrogens (tertiary/aromatic N) is 3. The molecule has 0 saturated heterocycles. The van der Waals surface area contributed by atoms with Gasteiger partial charge in [0.15, 0.2) is 5.65 Å². The molecule has 1 aliphatic rings. The van der Waals surface area contributed by atoms with E-state index in [1.54, 1.807) is 0 Å². The molecule has 1 fully saturated rings. The first-order chi connectivity index (χ1) is 11.1. The van der Waals surface area contributed by atoms with E-state index >= 15 is 0 Å². The Labute approximate surface area is 134 Å². The van der Waals surface area contributed by atoms with Crippen molar-refractivity contribution in [2.24, 2.45) is 0 Å². The Morgan fingerprint density at radius 2 is 2.09 bits per heavy atom. The molecule has 5 heteroatoms. The zero-order valence-electron chi connectivity index (χ0n) is 13.5. The van der Waals surface area contributed by atoms with Crippen LogP contribution in [0, 0.1) is 13.8 Å². The van der Waals surface area contributed by atoms with E-state index in [1.165, 1.54) is 0 Å². The Balaban J connectivity index is 1.68. The molecule has 0 radical (unpaired) electrons. The Morgan fingerprint density at radius 3 is 2.87 bits per heavy atom. The van der Waals surface area contributed by atoms with Crippen molar-refractivity contribution in [1.29, 1.82) is 0 Å². The molecule has 4 rings (SSSR count). The van der Waals surface area contributed by atoms with Crippen LogP contribution in [0.4, 0.5) is 0 Å². The summed E-state index contributed by atoms with van der Waals surface area (Å²) in [6.45, 7) is 4.07. The van der Waals surface area contributed by atoms with E-state index in [0.29, 0.717) is 18.9 Å². The number of fused-ring (bicyclic) bond motifs is 3. The number of nitrogens with one attached hydrogen (secondary N) is 1. The largest absolute Gasteiger partial charge is 0.353 e. The molecule has 0 bridgehead atoms. The van der Waals surface area contributed by atoms with Crippen LogP contribution in [0.3, 0.4) is 0 Å². The second-order valence-electron chi connectivity index (χ2n) is 6.36. The van der Waals surface area contributed by atoms with E-state index in [1.807, 2.05) is 35.7 Å². The van der Waals surface area contributed by atoms with E-state index in [2.05, 4.69) is 17.3 Å². The SMILES string of the molecule is Cc1nc2c3ccccc3nn2c(C)c1CCC(=O)NC1CC1. The van der Waals surface area contributed by atoms with Crippen LogP contribution in [0.25, 0.3) is 16.6 Å². The van der Waals surface area contributed by atoms with Gasteiger partial charge in [-0.15, -0.1) is 0 Å². The molecule has 3 aromatic rings. The molecule has 118 valence electrons. The average molecular weight is 308 g/mol. The molecule has 0 spiro atoms. The van der Waals surface area contributed by atoms with Gasteiger partial charge in [-0.1, -0.05) is 12.1 Å². The van der Waals surface area contributed by atoms with Crippen LogP contribution >= 0.6 is 0 Å². The van der Waals surface area contributed by atoms with E-state index < -0.39 is 0 Å². The van der Waals surface area contributed by atoms with Gasteiger partial charge < -0.3 is 5.32 Å². The molecule has 1 amide bonds. The van der Waals surface area contributed by atoms with Crippen LogP contribution in [-0.4, -0.2) is 26.5 Å². The van der Waals surface area contributed by atoms with Crippen LogP contribution in [0.1, 0.15) is 36.2 Å². The highest BCUT2D eigenvalue weighted by molar-refractivity contribution is 5.92. The van der Waals surface area contributed by atoms with E-state index in [4.69, 9.17) is 4.98 Å². The normalized spacial score (nSPS) is 14.5. The summed E-state index contributed by atoms with van der Waals surface area (Å²) in [5, 5.41) is 8.76. The standard InChI is InChI=1S/C18H20N4O/c1-11-14(9-10-17(23)20-13-7-8-13)12(2)22-18(19-11)15-5-3-4-6-16(15)21-22/h3-6,13H,7-10H2,1-2H3,(H,20,23). The first-order valence-corrected chi connectivity index (χ1v) is 8.16. The lowest BCUT2D eigenvalue weighted by Crippen LogP contribution is -2.25. The van der Waals surface area contributed by atoms with Crippen molar-refractivity contribution in [2.45, 2.75) is 45.6 Å². The van der Waals surface area contributed by atoms with Crippen LogP contribution < -0.4 is 5.32 Å². The minimum absolute atomic E-state index is 0.136. The lowest BCUT2D eigenvalue weighted by Gasteiger charge is -2.11. The molecule has 2 heterocycles. The number of aromatic nitrogens is 3. The molecule has 23 heavy (non-hydrogen) atoms. The van der Waals surface area contributed by atoms with Gasteiger partial charge >= 0.3 is 0 Å². The summed E-state index contributed by atoms with van der Waals surface area (Å²) >= 11 is 0. The molecule has 1 N–H and O–H groups in total. The second-order valence-corrected chi connectivity index (χ2v) is 6.36. The number of hydrogen-bond donors (Lipinski definition) is 1. The smallest absolute Gasteiger partial charge is 0.220 e. The van der Waals surface area contributed by atoms with Gasteiger partial charge in [0.2, 0.25) is 5.91 Å². The second kappa shape index (κ2) is 5.33. The summed E-state index contributed by atoms with van der Waals surface area (Å²) in [7, 11) is 0. The van der Waals surface area contributed by atoms with Gasteiger partial charge in [0.05, 0.1) is 5.52 Å². The minimum Gasteiger partial charge on any atom is -0.353 e. The fourth-order valence-electron chi connectivity index (χ4n) is 3.10. The van der Waals surface area contributed by atoms with Crippen LogP contribution in [-0.2, 0) is 11.2 Å². The molecule has 2 aromatic heterocycles. The maximum absolute atomic E-state index is 11.9. The van der Waals surface area contributed by atoms with Crippen LogP contribution in [0.2, 0.25) is 0 Å². The molecule has 5 nitrogen and oxygen atoms in total. The highest BCUT2D eigenvalue weighted by Gasteiger charge is 2.23. The van der Waals surface area contributed by atoms with Gasteiger partial charge in [-0.3, -0.25) is 4.79 Å². The number of amides is 1. The first kappa shape index (κ1) is 14.2. The van der Waals surface area contributed by atoms with Crippen molar-refractivity contribution >= 4 is 22.5 Å². The molecule has 1 saturated carbocycles. The number of hydrogen-bond acceptors (Lipinski definition) is 3. The van der Waals surface area contributed by atoms with Gasteiger partial charge in [-0.25, -0.2) is 9.50 Å². The number of carbonyl (C=O) groups excluding carboxylic acids is 1. The molecular weight excluding hydrogens is 288 g/mol. The van der Waals surface area contributed by atoms with Gasteiger partial charge in [0.1, 0.15) is 0 Å². The lowest BCUT2D eigenvalue weighted by atomic mass is 10.1. The molecular formula is C18H20N4O. The summed E-state index contributed by atoms with van der Waals surface area (Å²) in [4.78, 5) is 16.7. The summed E-state index contributed by atoms with van der Waals surface area (Å²) in [5.74, 6) is 0.136. The van der Waals surface area contributed by atoms with Gasteiger partial charge in [0.25, 0.3) is 0 Å². The zero-order chi connectivity index (χ0) is 16.0. The highest BCUT2D eigenvalue weighted by Crippen LogP contribution is 2.23. The predicted octanol–water partition coefficient (Wildman–Crippen LogP) is 2.71. The summed E-state index contributed by atoms with van der Waals surface area (Å²) in [6, 6.07) is 8.46. The Hall–Kier alpha value is -2.43. The topological polar surface area (TPSA) is 59.3 Å². The van der Waals surface area contributed by atoms with Gasteiger partial charge in [-0.2, -0.15) is 5.10 Å². The fraction of sp³-hybridized carbons (Fsp3) is 0.389. The first-order valence-electron chi connectivity index (χ1n) is 8.16. The average Bonchev–Trinajstić information content (AvgIpc) is 3.26. The zero-order valence-corrected chi connectivity index (χ0v) is 13.5. The third kappa shape index (κ3) is 2.56. The van der Waals surface area contributed by atoms with Crippen molar-refractivity contribution in [3.05, 3.63) is 41.2 Å². The Morgan fingerprint density at radius 1 is 1.30 bits per heavy atom. The maximum atomic E-state index is 11.9. The molecule has 0 unspecified atom stereocenters. The highest BCUT2D eigenvalue weighted by atomic mass is 16.1. The van der Waals surface area contributed by atoms with Crippen molar-refractivity contribution in [2.75, 3.05) is 0 Å². The summed E-state index contributed by atoms with van der Waals surface area (Å²) < 4.78 is 1.91. The predicted molar refractivity (Wildman–Crippen MR) is 89.5 cm³/mol. The van der Waals surface area contributed by atoms with Crippen molar-refractivity contribution < 1.29 is 4.79 Å². The Bertz CT molecular complexity index is 908. The third-order valence-electron chi connectivity index (χ3n) is 4.56. The number of aryl methyl sites for hydroxylation is 2. The quantitative estimate of drug-likeness (QED) is 0.806. The number of carbonyl (C=O) groups is 1. The van der Waals surface area contributed by atoms with E-state index in [9.17, 15) is 4.79 Å². The van der Waals surface area contributed by atoms with Crippen LogP contribution in [0.5, 0.6) is 0 Å². The molecule has 1 aliphatic carbocycles. The molecule has 1 aromatic carbocycles. The van der Waals surface area contributed by atoms with Crippen molar-refractivity contribution in [3.63, 3.8) is 0 Å². The number of rotatable bonds is 4. The monoisotopic (exact) mass is 308 g/mol. The van der Waals surface area contributed by atoms with Crippen molar-refractivity contribution in [3.8, 4) is 0 Å². The van der Waals surface area contributed by atoms with Gasteiger partial charge in [-0.05, 0) is 50.8 Å². The van der Waals surface area contributed by atoms with Gasteiger partial charge in [0, 0.05) is 29.2 Å². The van der Waals surface area contributed by atoms with E-state index in [0.717, 1.165) is 46.3 Å². The minimum atomic E-state index is 0.136.